The number of amides is 2. The van der Waals surface area contributed by atoms with Crippen LogP contribution >= 0.6 is 23.4 Å². The maximum absolute atomic E-state index is 13.3. The van der Waals surface area contributed by atoms with Crippen molar-refractivity contribution in [1.82, 2.24) is 10.2 Å². The molecular weight excluding hydrogens is 432 g/mol. The Morgan fingerprint density at radius 3 is 2.45 bits per heavy atom. The summed E-state index contributed by atoms with van der Waals surface area (Å²) in [6.07, 6.45) is 1.36. The Kier molecular flexibility index (Phi) is 10.2. The number of benzene rings is 2. The standard InChI is InChI=1S/C24H31ClN2O3S/c1-5-17(3)26-24(29)22(6-2)27(15-18-8-7-9-20(14-18)30-4)23(28)16-31-21-12-10-19(25)11-13-21/h7-14,17,22H,5-6,15-16H2,1-4H3,(H,26,29)/t17-,22-/m1/s1. The second-order valence-electron chi connectivity index (χ2n) is 7.36. The molecule has 2 amide bonds. The van der Waals surface area contributed by atoms with Crippen molar-refractivity contribution in [3.05, 3.63) is 59.1 Å². The van der Waals surface area contributed by atoms with E-state index in [9.17, 15) is 9.59 Å². The van der Waals surface area contributed by atoms with Crippen LogP contribution in [0.1, 0.15) is 39.2 Å². The predicted molar refractivity (Wildman–Crippen MR) is 128 cm³/mol. The number of nitrogens with one attached hydrogen (secondary N) is 1. The minimum atomic E-state index is -0.543. The molecule has 0 heterocycles. The van der Waals surface area contributed by atoms with E-state index in [1.807, 2.05) is 57.2 Å². The van der Waals surface area contributed by atoms with Crippen molar-refractivity contribution in [3.8, 4) is 5.75 Å². The Hall–Kier alpha value is -2.18. The summed E-state index contributed by atoms with van der Waals surface area (Å²) in [5, 5.41) is 3.68. The number of hydrogen-bond donors (Lipinski definition) is 1. The van der Waals surface area contributed by atoms with Crippen LogP contribution in [0.2, 0.25) is 5.02 Å². The molecule has 2 rings (SSSR count). The molecule has 0 unspecified atom stereocenters. The number of methoxy groups -OCH3 is 1. The third kappa shape index (κ3) is 7.78. The van der Waals surface area contributed by atoms with Gasteiger partial charge in [0.25, 0.3) is 0 Å². The number of nitrogens with zero attached hydrogens (tertiary/aromatic N) is 1. The smallest absolute Gasteiger partial charge is 0.243 e. The zero-order chi connectivity index (χ0) is 22.8. The lowest BCUT2D eigenvalue weighted by Crippen LogP contribution is -2.51. The SMILES string of the molecule is CC[C@@H](C)NC(=O)[C@@H](CC)N(Cc1cccc(OC)c1)C(=O)CSc1ccc(Cl)cc1. The number of carbonyl (C=O) groups is 2. The van der Waals surface area contributed by atoms with Gasteiger partial charge in [-0.15, -0.1) is 11.8 Å². The summed E-state index contributed by atoms with van der Waals surface area (Å²) in [6.45, 7) is 6.26. The first-order chi connectivity index (χ1) is 14.9. The molecule has 0 saturated carbocycles. The van der Waals surface area contributed by atoms with Crippen molar-refractivity contribution in [3.63, 3.8) is 0 Å². The Bertz CT molecular complexity index is 860. The third-order valence-corrected chi connectivity index (χ3v) is 6.30. The van der Waals surface area contributed by atoms with Gasteiger partial charge in [-0.25, -0.2) is 0 Å². The molecule has 0 aliphatic heterocycles. The summed E-state index contributed by atoms with van der Waals surface area (Å²) in [7, 11) is 1.61. The van der Waals surface area contributed by atoms with Gasteiger partial charge in [0.05, 0.1) is 12.9 Å². The van der Waals surface area contributed by atoms with Crippen LogP contribution in [0.3, 0.4) is 0 Å². The van der Waals surface area contributed by atoms with E-state index in [0.717, 1.165) is 22.6 Å². The molecule has 0 aliphatic rings. The van der Waals surface area contributed by atoms with Crippen LogP contribution < -0.4 is 10.1 Å². The maximum Gasteiger partial charge on any atom is 0.243 e. The Labute approximate surface area is 194 Å². The highest BCUT2D eigenvalue weighted by Crippen LogP contribution is 2.23. The minimum absolute atomic E-state index is 0.0544. The van der Waals surface area contributed by atoms with Gasteiger partial charge in [0, 0.05) is 22.5 Å². The van der Waals surface area contributed by atoms with Crippen LogP contribution in [0.25, 0.3) is 0 Å². The summed E-state index contributed by atoms with van der Waals surface area (Å²) in [5.74, 6) is 0.745. The third-order valence-electron chi connectivity index (χ3n) is 5.05. The monoisotopic (exact) mass is 462 g/mol. The largest absolute Gasteiger partial charge is 0.497 e. The van der Waals surface area contributed by atoms with E-state index in [1.54, 1.807) is 24.1 Å². The molecular formula is C24H31ClN2O3S. The van der Waals surface area contributed by atoms with E-state index in [2.05, 4.69) is 5.32 Å². The fourth-order valence-electron chi connectivity index (χ4n) is 3.09. The van der Waals surface area contributed by atoms with Gasteiger partial charge in [0.2, 0.25) is 11.8 Å². The molecule has 0 spiro atoms. The van der Waals surface area contributed by atoms with E-state index >= 15 is 0 Å². The first-order valence-electron chi connectivity index (χ1n) is 10.5. The van der Waals surface area contributed by atoms with Gasteiger partial charge in [-0.3, -0.25) is 9.59 Å². The summed E-state index contributed by atoms with van der Waals surface area (Å²) < 4.78 is 5.32. The molecule has 5 nitrogen and oxygen atoms in total. The Morgan fingerprint density at radius 1 is 1.13 bits per heavy atom. The average molecular weight is 463 g/mol. The van der Waals surface area contributed by atoms with Crippen molar-refractivity contribution < 1.29 is 14.3 Å². The quantitative estimate of drug-likeness (QED) is 0.468. The van der Waals surface area contributed by atoms with E-state index < -0.39 is 6.04 Å². The normalized spacial score (nSPS) is 12.7. The highest BCUT2D eigenvalue weighted by Gasteiger charge is 2.29. The van der Waals surface area contributed by atoms with Crippen molar-refractivity contribution in [2.24, 2.45) is 0 Å². The summed E-state index contributed by atoms with van der Waals surface area (Å²) in [5.41, 5.74) is 0.916. The number of halogens is 1. The van der Waals surface area contributed by atoms with Gasteiger partial charge in [-0.2, -0.15) is 0 Å². The Balaban J connectivity index is 2.22. The van der Waals surface area contributed by atoms with Crippen LogP contribution in [-0.2, 0) is 16.1 Å². The minimum Gasteiger partial charge on any atom is -0.497 e. The number of carbonyl (C=O) groups excluding carboxylic acids is 2. The van der Waals surface area contributed by atoms with Gasteiger partial charge in [0.1, 0.15) is 11.8 Å². The van der Waals surface area contributed by atoms with Crippen LogP contribution in [-0.4, -0.2) is 41.7 Å². The number of thioether (sulfide) groups is 1. The van der Waals surface area contributed by atoms with Gasteiger partial charge in [-0.05, 0) is 61.7 Å². The highest BCUT2D eigenvalue weighted by molar-refractivity contribution is 8.00. The topological polar surface area (TPSA) is 58.6 Å². The predicted octanol–water partition coefficient (Wildman–Crippen LogP) is 5.16. The van der Waals surface area contributed by atoms with Gasteiger partial charge < -0.3 is 15.0 Å². The average Bonchev–Trinajstić information content (AvgIpc) is 2.78. The Morgan fingerprint density at radius 2 is 1.84 bits per heavy atom. The molecule has 1 N–H and O–H groups in total. The lowest BCUT2D eigenvalue weighted by molar-refractivity contribution is -0.139. The molecule has 2 atom stereocenters. The van der Waals surface area contributed by atoms with Crippen LogP contribution in [0.5, 0.6) is 5.75 Å². The van der Waals surface area contributed by atoms with E-state index in [-0.39, 0.29) is 23.6 Å². The van der Waals surface area contributed by atoms with E-state index in [4.69, 9.17) is 16.3 Å². The summed E-state index contributed by atoms with van der Waals surface area (Å²) in [4.78, 5) is 28.9. The van der Waals surface area contributed by atoms with Crippen LogP contribution in [0.15, 0.2) is 53.4 Å². The molecule has 0 aliphatic carbocycles. The number of ether oxygens (including phenoxy) is 1. The molecule has 0 fully saturated rings. The summed E-state index contributed by atoms with van der Waals surface area (Å²) >= 11 is 7.38. The second-order valence-corrected chi connectivity index (χ2v) is 8.84. The molecule has 0 saturated heterocycles. The fraction of sp³-hybridized carbons (Fsp3) is 0.417. The molecule has 0 aromatic heterocycles. The maximum atomic E-state index is 13.3. The highest BCUT2D eigenvalue weighted by atomic mass is 35.5. The first-order valence-corrected chi connectivity index (χ1v) is 11.8. The summed E-state index contributed by atoms with van der Waals surface area (Å²) in [6, 6.07) is 14.5. The van der Waals surface area contributed by atoms with Crippen LogP contribution in [0, 0.1) is 0 Å². The fourth-order valence-corrected chi connectivity index (χ4v) is 4.00. The van der Waals surface area contributed by atoms with Crippen molar-refractivity contribution >= 4 is 35.2 Å². The molecule has 168 valence electrons. The molecule has 7 heteroatoms. The van der Waals surface area contributed by atoms with Gasteiger partial charge in [0.15, 0.2) is 0 Å². The molecule has 31 heavy (non-hydrogen) atoms. The second kappa shape index (κ2) is 12.6. The van der Waals surface area contributed by atoms with Crippen molar-refractivity contribution in [2.45, 2.75) is 57.1 Å². The first kappa shape index (κ1) is 25.1. The van der Waals surface area contributed by atoms with Crippen molar-refractivity contribution in [2.75, 3.05) is 12.9 Å². The lowest BCUT2D eigenvalue weighted by atomic mass is 10.1. The molecule has 2 aromatic carbocycles. The van der Waals surface area contributed by atoms with E-state index in [0.29, 0.717) is 18.0 Å². The molecule has 0 bridgehead atoms. The molecule has 0 radical (unpaired) electrons. The zero-order valence-corrected chi connectivity index (χ0v) is 20.1. The number of hydrogen-bond acceptors (Lipinski definition) is 4. The number of rotatable bonds is 11. The lowest BCUT2D eigenvalue weighted by Gasteiger charge is -2.31. The van der Waals surface area contributed by atoms with Crippen LogP contribution in [0.4, 0.5) is 0 Å². The zero-order valence-electron chi connectivity index (χ0n) is 18.6. The van der Waals surface area contributed by atoms with E-state index in [1.165, 1.54) is 11.8 Å². The van der Waals surface area contributed by atoms with Gasteiger partial charge >= 0.3 is 0 Å². The van der Waals surface area contributed by atoms with Gasteiger partial charge in [-0.1, -0.05) is 37.6 Å². The molecule has 2 aromatic rings. The van der Waals surface area contributed by atoms with Crippen molar-refractivity contribution in [1.29, 1.82) is 0 Å².